The van der Waals surface area contributed by atoms with Gasteiger partial charge in [0.1, 0.15) is 5.60 Å². The molecule has 0 aliphatic carbocycles. The van der Waals surface area contributed by atoms with Crippen LogP contribution in [-0.2, 0) is 4.74 Å². The summed E-state index contributed by atoms with van der Waals surface area (Å²) in [6.07, 6.45) is 5.40. The Hall–Kier alpha value is -2.37. The Bertz CT molecular complexity index is 864. The zero-order valence-electron chi connectivity index (χ0n) is 19.3. The molecule has 0 spiro atoms. The van der Waals surface area contributed by atoms with Crippen LogP contribution in [0, 0.1) is 0 Å². The van der Waals surface area contributed by atoms with E-state index < -0.39 is 13.9 Å². The van der Waals surface area contributed by atoms with Crippen molar-refractivity contribution in [1.82, 2.24) is 4.90 Å². The van der Waals surface area contributed by atoms with Gasteiger partial charge in [-0.15, -0.1) is 0 Å². The fourth-order valence-electron chi connectivity index (χ4n) is 4.35. The van der Waals surface area contributed by atoms with Gasteiger partial charge in [-0.2, -0.15) is 0 Å². The van der Waals surface area contributed by atoms with Gasteiger partial charge in [0.25, 0.3) is 8.32 Å². The SMILES string of the molecule is CC(C)(C)OC(=O)N1CC=C[C@H]1CCC(C)(C)[Si](O)(c1ccccc1)c1ccccc1. The molecule has 0 aromatic heterocycles. The van der Waals surface area contributed by atoms with Gasteiger partial charge in [-0.3, -0.25) is 4.90 Å². The van der Waals surface area contributed by atoms with Gasteiger partial charge in [-0.05, 0) is 49.0 Å². The quantitative estimate of drug-likeness (QED) is 0.536. The van der Waals surface area contributed by atoms with E-state index in [1.54, 1.807) is 4.90 Å². The van der Waals surface area contributed by atoms with E-state index in [-0.39, 0.29) is 17.2 Å². The van der Waals surface area contributed by atoms with Crippen LogP contribution in [0.4, 0.5) is 4.79 Å². The molecule has 2 aromatic rings. The summed E-state index contributed by atoms with van der Waals surface area (Å²) >= 11 is 0. The lowest BCUT2D eigenvalue weighted by Crippen LogP contribution is -2.65. The first-order valence-electron chi connectivity index (χ1n) is 11.0. The topological polar surface area (TPSA) is 49.8 Å². The van der Waals surface area contributed by atoms with Crippen molar-refractivity contribution >= 4 is 24.8 Å². The van der Waals surface area contributed by atoms with Crippen molar-refractivity contribution in [1.29, 1.82) is 0 Å². The van der Waals surface area contributed by atoms with Crippen LogP contribution in [0.1, 0.15) is 47.5 Å². The second-order valence-electron chi connectivity index (χ2n) is 9.99. The minimum atomic E-state index is -3.05. The number of carbonyl (C=O) groups excluding carboxylic acids is 1. The molecule has 31 heavy (non-hydrogen) atoms. The summed E-state index contributed by atoms with van der Waals surface area (Å²) < 4.78 is 5.60. The van der Waals surface area contributed by atoms with Gasteiger partial charge in [-0.25, -0.2) is 4.79 Å². The number of hydrogen-bond donors (Lipinski definition) is 1. The average molecular weight is 438 g/mol. The van der Waals surface area contributed by atoms with Gasteiger partial charge in [0.2, 0.25) is 0 Å². The molecule has 0 saturated carbocycles. The Balaban J connectivity index is 1.83. The van der Waals surface area contributed by atoms with Crippen LogP contribution < -0.4 is 10.4 Å². The first kappa shape index (κ1) is 23.3. The molecule has 1 aliphatic rings. The van der Waals surface area contributed by atoms with Gasteiger partial charge in [0.15, 0.2) is 0 Å². The van der Waals surface area contributed by atoms with Gasteiger partial charge in [0, 0.05) is 6.54 Å². The molecule has 166 valence electrons. The summed E-state index contributed by atoms with van der Waals surface area (Å²) in [7, 11) is -3.05. The Morgan fingerprint density at radius 2 is 1.52 bits per heavy atom. The molecule has 5 heteroatoms. The molecule has 0 unspecified atom stereocenters. The van der Waals surface area contributed by atoms with E-state index in [2.05, 4.69) is 19.9 Å². The molecular weight excluding hydrogens is 402 g/mol. The smallest absolute Gasteiger partial charge is 0.411 e. The highest BCUT2D eigenvalue weighted by Gasteiger charge is 2.50. The molecule has 1 heterocycles. The fourth-order valence-corrected chi connectivity index (χ4v) is 8.10. The van der Waals surface area contributed by atoms with Crippen LogP contribution in [0.25, 0.3) is 0 Å². The third kappa shape index (κ3) is 5.10. The molecule has 1 atom stereocenters. The minimum absolute atomic E-state index is 0.0149. The number of carbonyl (C=O) groups is 1. The number of amides is 1. The van der Waals surface area contributed by atoms with Crippen LogP contribution in [0.2, 0.25) is 5.04 Å². The maximum Gasteiger partial charge on any atom is 0.411 e. The molecule has 2 aromatic carbocycles. The highest BCUT2D eigenvalue weighted by atomic mass is 28.4. The first-order chi connectivity index (χ1) is 14.5. The van der Waals surface area contributed by atoms with Crippen LogP contribution in [-0.4, -0.2) is 42.3 Å². The third-order valence-corrected chi connectivity index (χ3v) is 10.7. The fraction of sp³-hybridized carbons (Fsp3) is 0.423. The summed E-state index contributed by atoms with van der Waals surface area (Å²) in [6.45, 7) is 10.6. The first-order valence-corrected chi connectivity index (χ1v) is 13.0. The van der Waals surface area contributed by atoms with Crippen molar-refractivity contribution in [2.75, 3.05) is 6.54 Å². The molecular formula is C26H35NO3Si. The zero-order chi connectivity index (χ0) is 22.7. The van der Waals surface area contributed by atoms with Crippen LogP contribution >= 0.6 is 0 Å². The van der Waals surface area contributed by atoms with Crippen LogP contribution in [0.5, 0.6) is 0 Å². The Morgan fingerprint density at radius 1 is 1.00 bits per heavy atom. The zero-order valence-corrected chi connectivity index (χ0v) is 20.3. The van der Waals surface area contributed by atoms with E-state index in [4.69, 9.17) is 4.74 Å². The molecule has 1 aliphatic heterocycles. The van der Waals surface area contributed by atoms with Gasteiger partial charge < -0.3 is 9.53 Å². The van der Waals surface area contributed by atoms with Crippen LogP contribution in [0.3, 0.4) is 0 Å². The Labute approximate surface area is 187 Å². The lowest BCUT2D eigenvalue weighted by Gasteiger charge is -2.42. The van der Waals surface area contributed by atoms with Gasteiger partial charge >= 0.3 is 6.09 Å². The van der Waals surface area contributed by atoms with Gasteiger partial charge in [0.05, 0.1) is 6.04 Å². The van der Waals surface area contributed by atoms with Crippen LogP contribution in [0.15, 0.2) is 72.8 Å². The maximum atomic E-state index is 12.7. The van der Waals surface area contributed by atoms with E-state index in [1.807, 2.05) is 87.5 Å². The van der Waals surface area contributed by atoms with Crippen molar-refractivity contribution in [2.45, 2.75) is 64.1 Å². The lowest BCUT2D eigenvalue weighted by molar-refractivity contribution is 0.0233. The van der Waals surface area contributed by atoms with Crippen molar-refractivity contribution in [3.63, 3.8) is 0 Å². The van der Waals surface area contributed by atoms with E-state index in [0.29, 0.717) is 6.54 Å². The summed E-state index contributed by atoms with van der Waals surface area (Å²) in [5, 5.41) is 1.68. The predicted molar refractivity (Wildman–Crippen MR) is 129 cm³/mol. The molecule has 0 bridgehead atoms. The number of nitrogens with zero attached hydrogens (tertiary/aromatic N) is 1. The summed E-state index contributed by atoms with van der Waals surface area (Å²) in [5.41, 5.74) is -0.517. The maximum absolute atomic E-state index is 12.7. The standard InChI is InChI=1S/C26H35NO3Si/c1-25(2,3)30-24(28)27-20-12-13-21(27)18-19-26(4,5)31(29,22-14-8-6-9-15-22)23-16-10-7-11-17-23/h6-17,21,29H,18-20H2,1-5H3/t21-/m0/s1. The molecule has 1 N–H and O–H groups in total. The molecule has 1 amide bonds. The van der Waals surface area contributed by atoms with Gasteiger partial charge in [-0.1, -0.05) is 86.7 Å². The number of ether oxygens (including phenoxy) is 1. The average Bonchev–Trinajstić information content (AvgIpc) is 3.21. The normalized spacial score (nSPS) is 17.1. The van der Waals surface area contributed by atoms with Crippen molar-refractivity contribution in [3.8, 4) is 0 Å². The highest BCUT2D eigenvalue weighted by Crippen LogP contribution is 2.41. The van der Waals surface area contributed by atoms with Crippen molar-refractivity contribution in [3.05, 3.63) is 72.8 Å². The molecule has 0 radical (unpaired) electrons. The predicted octanol–water partition coefficient (Wildman–Crippen LogP) is 4.47. The number of hydrogen-bond acceptors (Lipinski definition) is 3. The summed E-state index contributed by atoms with van der Waals surface area (Å²) in [4.78, 5) is 26.7. The molecule has 3 rings (SSSR count). The summed E-state index contributed by atoms with van der Waals surface area (Å²) in [6, 6.07) is 20.1. The number of benzene rings is 2. The van der Waals surface area contributed by atoms with E-state index in [9.17, 15) is 9.59 Å². The largest absolute Gasteiger partial charge is 0.444 e. The monoisotopic (exact) mass is 437 g/mol. The van der Waals surface area contributed by atoms with E-state index in [0.717, 1.165) is 23.2 Å². The Kier molecular flexibility index (Phi) is 6.77. The third-order valence-electron chi connectivity index (χ3n) is 6.12. The second-order valence-corrected chi connectivity index (χ2v) is 13.9. The lowest BCUT2D eigenvalue weighted by atomic mass is 10.0. The molecule has 0 saturated heterocycles. The Morgan fingerprint density at radius 3 is 2.00 bits per heavy atom. The van der Waals surface area contributed by atoms with Crippen molar-refractivity contribution < 1.29 is 14.3 Å². The number of rotatable bonds is 6. The molecule has 0 fully saturated rings. The van der Waals surface area contributed by atoms with E-state index >= 15 is 0 Å². The second kappa shape index (κ2) is 9.01. The van der Waals surface area contributed by atoms with Crippen molar-refractivity contribution in [2.24, 2.45) is 0 Å². The molecule has 4 nitrogen and oxygen atoms in total. The summed E-state index contributed by atoms with van der Waals surface area (Å²) in [5.74, 6) is 0. The highest BCUT2D eigenvalue weighted by molar-refractivity contribution is 6.98. The van der Waals surface area contributed by atoms with E-state index in [1.165, 1.54) is 0 Å². The minimum Gasteiger partial charge on any atom is -0.444 e.